The molecule has 0 spiro atoms. The van der Waals surface area contributed by atoms with Gasteiger partial charge in [-0.2, -0.15) is 0 Å². The quantitative estimate of drug-likeness (QED) is 0.346. The summed E-state index contributed by atoms with van der Waals surface area (Å²) in [6.45, 7) is 1.51. The Bertz CT molecular complexity index is 1210. The molecule has 4 aromatic rings. The van der Waals surface area contributed by atoms with Crippen LogP contribution in [-0.4, -0.2) is 22.1 Å². The van der Waals surface area contributed by atoms with Crippen molar-refractivity contribution < 1.29 is 9.53 Å². The number of amides is 1. The number of rotatable bonds is 8. The standard InChI is InChI=1S/C24H21Cl2N3O2/c25-18-9-2-1-8-17(18)24(30)27-16-23-28-20-11-4-5-12-21(20)29(23)14-7-15-31-22-13-6-3-10-19(22)26/h1-6,8-13H,7,14-16H2,(H,27,30). The number of para-hydroxylation sites is 3. The highest BCUT2D eigenvalue weighted by Crippen LogP contribution is 2.23. The summed E-state index contributed by atoms with van der Waals surface area (Å²) in [5.74, 6) is 1.22. The Kier molecular flexibility index (Phi) is 6.75. The molecule has 3 aromatic carbocycles. The molecule has 1 N–H and O–H groups in total. The van der Waals surface area contributed by atoms with Crippen LogP contribution in [0.5, 0.6) is 5.75 Å². The minimum absolute atomic E-state index is 0.230. The molecule has 0 aliphatic heterocycles. The van der Waals surface area contributed by atoms with Crippen LogP contribution < -0.4 is 10.1 Å². The average molecular weight is 454 g/mol. The molecule has 7 heteroatoms. The van der Waals surface area contributed by atoms with Gasteiger partial charge in [-0.15, -0.1) is 0 Å². The summed E-state index contributed by atoms with van der Waals surface area (Å²) in [4.78, 5) is 17.3. The first kappa shape index (κ1) is 21.2. The maximum absolute atomic E-state index is 12.5. The number of nitrogens with one attached hydrogen (secondary N) is 1. The minimum Gasteiger partial charge on any atom is -0.492 e. The smallest absolute Gasteiger partial charge is 0.253 e. The van der Waals surface area contributed by atoms with Crippen molar-refractivity contribution in [1.29, 1.82) is 0 Å². The van der Waals surface area contributed by atoms with Crippen LogP contribution in [0.4, 0.5) is 0 Å². The normalized spacial score (nSPS) is 10.9. The van der Waals surface area contributed by atoms with Crippen LogP contribution in [0, 0.1) is 0 Å². The molecule has 1 heterocycles. The number of benzene rings is 3. The summed E-state index contributed by atoms with van der Waals surface area (Å²) in [5, 5.41) is 3.94. The molecule has 31 heavy (non-hydrogen) atoms. The molecule has 0 fully saturated rings. The van der Waals surface area contributed by atoms with E-state index in [9.17, 15) is 4.79 Å². The van der Waals surface area contributed by atoms with Crippen molar-refractivity contribution in [2.24, 2.45) is 0 Å². The van der Waals surface area contributed by atoms with Crippen molar-refractivity contribution in [3.8, 4) is 5.75 Å². The number of carbonyl (C=O) groups is 1. The van der Waals surface area contributed by atoms with E-state index in [-0.39, 0.29) is 5.91 Å². The first-order valence-corrected chi connectivity index (χ1v) is 10.7. The number of aromatic nitrogens is 2. The van der Waals surface area contributed by atoms with Gasteiger partial charge in [0.2, 0.25) is 0 Å². The van der Waals surface area contributed by atoms with E-state index in [4.69, 9.17) is 32.9 Å². The number of ether oxygens (including phenoxy) is 1. The monoisotopic (exact) mass is 453 g/mol. The molecule has 0 unspecified atom stereocenters. The van der Waals surface area contributed by atoms with Crippen LogP contribution in [0.2, 0.25) is 10.0 Å². The molecule has 1 amide bonds. The number of imidazole rings is 1. The van der Waals surface area contributed by atoms with Crippen molar-refractivity contribution >= 4 is 40.1 Å². The summed E-state index contributed by atoms with van der Waals surface area (Å²) >= 11 is 12.3. The van der Waals surface area contributed by atoms with E-state index in [0.717, 1.165) is 23.3 Å². The van der Waals surface area contributed by atoms with Crippen LogP contribution in [0.25, 0.3) is 11.0 Å². The molecular formula is C24H21Cl2N3O2. The van der Waals surface area contributed by atoms with E-state index in [1.807, 2.05) is 42.5 Å². The highest BCUT2D eigenvalue weighted by atomic mass is 35.5. The molecule has 0 aliphatic carbocycles. The molecule has 0 aliphatic rings. The fourth-order valence-electron chi connectivity index (χ4n) is 3.38. The number of nitrogens with zero attached hydrogens (tertiary/aromatic N) is 2. The summed E-state index contributed by atoms with van der Waals surface area (Å²) in [6, 6.07) is 22.3. The SMILES string of the molecule is O=C(NCc1nc2ccccc2n1CCCOc1ccccc1Cl)c1ccccc1Cl. The number of hydrogen-bond acceptors (Lipinski definition) is 3. The molecular weight excluding hydrogens is 433 g/mol. The lowest BCUT2D eigenvalue weighted by Gasteiger charge is -2.12. The zero-order chi connectivity index (χ0) is 21.6. The van der Waals surface area contributed by atoms with Crippen molar-refractivity contribution in [1.82, 2.24) is 14.9 Å². The average Bonchev–Trinajstić information content (AvgIpc) is 3.14. The van der Waals surface area contributed by atoms with Crippen molar-refractivity contribution in [2.45, 2.75) is 19.5 Å². The van der Waals surface area contributed by atoms with E-state index in [0.29, 0.717) is 41.1 Å². The van der Waals surface area contributed by atoms with Gasteiger partial charge in [-0.3, -0.25) is 4.79 Å². The first-order chi connectivity index (χ1) is 15.1. The molecule has 0 atom stereocenters. The Balaban J connectivity index is 1.45. The van der Waals surface area contributed by atoms with Crippen molar-refractivity contribution in [3.63, 3.8) is 0 Å². The number of aryl methyl sites for hydroxylation is 1. The largest absolute Gasteiger partial charge is 0.492 e. The number of hydrogen-bond donors (Lipinski definition) is 1. The maximum atomic E-state index is 12.5. The summed E-state index contributed by atoms with van der Waals surface area (Å²) in [6.07, 6.45) is 0.761. The Hall–Kier alpha value is -3.02. The van der Waals surface area contributed by atoms with Gasteiger partial charge < -0.3 is 14.6 Å². The lowest BCUT2D eigenvalue weighted by molar-refractivity contribution is 0.0949. The molecule has 0 bridgehead atoms. The number of fused-ring (bicyclic) bond motifs is 1. The van der Waals surface area contributed by atoms with Gasteiger partial charge in [-0.1, -0.05) is 59.6 Å². The zero-order valence-corrected chi connectivity index (χ0v) is 18.2. The zero-order valence-electron chi connectivity index (χ0n) is 16.7. The lowest BCUT2D eigenvalue weighted by atomic mass is 10.2. The number of halogens is 2. The second kappa shape index (κ2) is 9.86. The van der Waals surface area contributed by atoms with Gasteiger partial charge in [-0.25, -0.2) is 4.98 Å². The van der Waals surface area contributed by atoms with E-state index >= 15 is 0 Å². The molecule has 158 valence electrons. The topological polar surface area (TPSA) is 56.2 Å². The molecule has 0 saturated heterocycles. The van der Waals surface area contributed by atoms with E-state index in [1.54, 1.807) is 30.3 Å². The maximum Gasteiger partial charge on any atom is 0.253 e. The molecule has 4 rings (SSSR count). The summed E-state index contributed by atoms with van der Waals surface area (Å²) < 4.78 is 7.92. The van der Waals surface area contributed by atoms with Crippen LogP contribution >= 0.6 is 23.2 Å². The van der Waals surface area contributed by atoms with Gasteiger partial charge in [0.15, 0.2) is 0 Å². The summed E-state index contributed by atoms with van der Waals surface area (Å²) in [7, 11) is 0. The Morgan fingerprint density at radius 3 is 2.45 bits per heavy atom. The predicted molar refractivity (Wildman–Crippen MR) is 124 cm³/mol. The van der Waals surface area contributed by atoms with Gasteiger partial charge in [0.25, 0.3) is 5.91 Å². The highest BCUT2D eigenvalue weighted by molar-refractivity contribution is 6.33. The van der Waals surface area contributed by atoms with Crippen LogP contribution in [0.1, 0.15) is 22.6 Å². The third-order valence-electron chi connectivity index (χ3n) is 4.88. The van der Waals surface area contributed by atoms with Gasteiger partial charge in [0.05, 0.1) is 39.8 Å². The van der Waals surface area contributed by atoms with E-state index in [2.05, 4.69) is 9.88 Å². The molecule has 0 radical (unpaired) electrons. The predicted octanol–water partition coefficient (Wildman–Crippen LogP) is 5.74. The lowest BCUT2D eigenvalue weighted by Crippen LogP contribution is -2.25. The van der Waals surface area contributed by atoms with Gasteiger partial charge >= 0.3 is 0 Å². The Morgan fingerprint density at radius 2 is 1.65 bits per heavy atom. The van der Waals surface area contributed by atoms with Crippen molar-refractivity contribution in [2.75, 3.05) is 6.61 Å². The van der Waals surface area contributed by atoms with Gasteiger partial charge in [-0.05, 0) is 42.8 Å². The highest BCUT2D eigenvalue weighted by Gasteiger charge is 2.14. The second-order valence-corrected chi connectivity index (χ2v) is 7.78. The third kappa shape index (κ3) is 5.01. The van der Waals surface area contributed by atoms with Crippen LogP contribution in [0.3, 0.4) is 0 Å². The van der Waals surface area contributed by atoms with E-state index < -0.39 is 0 Å². The molecule has 1 aromatic heterocycles. The fourth-order valence-corrected chi connectivity index (χ4v) is 3.79. The van der Waals surface area contributed by atoms with Gasteiger partial charge in [0.1, 0.15) is 11.6 Å². The van der Waals surface area contributed by atoms with Gasteiger partial charge in [0, 0.05) is 6.54 Å². The minimum atomic E-state index is -0.230. The summed E-state index contributed by atoms with van der Waals surface area (Å²) in [5.41, 5.74) is 2.35. The van der Waals surface area contributed by atoms with Crippen LogP contribution in [-0.2, 0) is 13.1 Å². The Labute approximate surface area is 190 Å². The third-order valence-corrected chi connectivity index (χ3v) is 5.52. The van der Waals surface area contributed by atoms with E-state index in [1.165, 1.54) is 0 Å². The second-order valence-electron chi connectivity index (χ2n) is 6.96. The van der Waals surface area contributed by atoms with Crippen molar-refractivity contribution in [3.05, 3.63) is 94.2 Å². The number of carbonyl (C=O) groups excluding carboxylic acids is 1. The fraction of sp³-hybridized carbons (Fsp3) is 0.167. The molecule has 5 nitrogen and oxygen atoms in total. The Morgan fingerprint density at radius 1 is 0.935 bits per heavy atom. The molecule has 0 saturated carbocycles. The van der Waals surface area contributed by atoms with Crippen LogP contribution in [0.15, 0.2) is 72.8 Å². The first-order valence-electron chi connectivity index (χ1n) is 9.97.